The molecule has 5 atom stereocenters. The number of anilines is 1. The topological polar surface area (TPSA) is 12.0 Å². The quantitative estimate of drug-likeness (QED) is 0.822. The minimum absolute atomic E-state index is 0.131. The van der Waals surface area contributed by atoms with Crippen LogP contribution in [-0.2, 0) is 0 Å². The fraction of sp³-hybridized carbons (Fsp3) is 0.625. The van der Waals surface area contributed by atoms with Crippen molar-refractivity contribution in [3.8, 4) is 0 Å². The van der Waals surface area contributed by atoms with Crippen LogP contribution in [0.2, 0.25) is 0 Å². The van der Waals surface area contributed by atoms with Gasteiger partial charge in [-0.25, -0.2) is 4.39 Å². The Morgan fingerprint density at radius 1 is 1.11 bits per heavy atom. The van der Waals surface area contributed by atoms with E-state index >= 15 is 0 Å². The van der Waals surface area contributed by atoms with Gasteiger partial charge in [0.2, 0.25) is 0 Å². The van der Waals surface area contributed by atoms with Gasteiger partial charge in [0.25, 0.3) is 0 Å². The zero-order chi connectivity index (χ0) is 13.0. The summed E-state index contributed by atoms with van der Waals surface area (Å²) in [6, 6.07) is 5.66. The van der Waals surface area contributed by atoms with E-state index < -0.39 is 0 Å². The Bertz CT molecular complexity index is 504. The minimum atomic E-state index is -0.131. The molecule has 3 fully saturated rings. The molecule has 4 rings (SSSR count). The lowest BCUT2D eigenvalue weighted by atomic mass is 9.79. The first-order valence-electron chi connectivity index (χ1n) is 7.44. The predicted molar refractivity (Wildman–Crippen MR) is 78.6 cm³/mol. The molecule has 0 amide bonds. The molecule has 19 heavy (non-hydrogen) atoms. The average Bonchev–Trinajstić information content (AvgIpc) is 3.05. The Morgan fingerprint density at radius 3 is 2.84 bits per heavy atom. The van der Waals surface area contributed by atoms with E-state index in [4.69, 9.17) is 0 Å². The van der Waals surface area contributed by atoms with Crippen LogP contribution >= 0.6 is 15.9 Å². The van der Waals surface area contributed by atoms with Gasteiger partial charge in [0.1, 0.15) is 5.82 Å². The number of fused-ring (bicyclic) bond motifs is 5. The third-order valence-electron chi connectivity index (χ3n) is 5.70. The summed E-state index contributed by atoms with van der Waals surface area (Å²) in [5, 5.41) is 3.49. The third kappa shape index (κ3) is 1.93. The second kappa shape index (κ2) is 4.47. The maximum absolute atomic E-state index is 13.9. The van der Waals surface area contributed by atoms with Crippen molar-refractivity contribution >= 4 is 21.6 Å². The van der Waals surface area contributed by atoms with Crippen LogP contribution in [-0.4, -0.2) is 6.04 Å². The Labute approximate surface area is 122 Å². The van der Waals surface area contributed by atoms with Gasteiger partial charge in [-0.1, -0.05) is 22.4 Å². The molecule has 2 bridgehead atoms. The molecule has 1 aromatic rings. The minimum Gasteiger partial charge on any atom is -0.380 e. The number of nitrogens with one attached hydrogen (secondary N) is 1. The molecule has 0 aliphatic heterocycles. The molecule has 0 saturated heterocycles. The van der Waals surface area contributed by atoms with Crippen molar-refractivity contribution in [3.63, 3.8) is 0 Å². The van der Waals surface area contributed by atoms with Gasteiger partial charge in [0.05, 0.1) is 5.69 Å². The van der Waals surface area contributed by atoms with Crippen LogP contribution < -0.4 is 5.32 Å². The van der Waals surface area contributed by atoms with E-state index in [1.165, 1.54) is 38.2 Å². The van der Waals surface area contributed by atoms with Crippen LogP contribution in [0.4, 0.5) is 10.1 Å². The van der Waals surface area contributed by atoms with E-state index in [0.717, 1.165) is 28.1 Å². The first-order chi connectivity index (χ1) is 9.22. The van der Waals surface area contributed by atoms with Crippen molar-refractivity contribution in [1.82, 2.24) is 0 Å². The smallest absolute Gasteiger partial charge is 0.146 e. The molecule has 0 aromatic heterocycles. The molecule has 102 valence electrons. The Morgan fingerprint density at radius 2 is 1.95 bits per heavy atom. The van der Waals surface area contributed by atoms with E-state index in [1.807, 2.05) is 6.07 Å². The summed E-state index contributed by atoms with van der Waals surface area (Å²) >= 11 is 3.43. The van der Waals surface area contributed by atoms with Crippen LogP contribution in [0, 0.1) is 29.5 Å². The van der Waals surface area contributed by atoms with Crippen molar-refractivity contribution in [1.29, 1.82) is 0 Å². The number of rotatable bonds is 2. The van der Waals surface area contributed by atoms with Gasteiger partial charge >= 0.3 is 0 Å². The van der Waals surface area contributed by atoms with Gasteiger partial charge in [-0.2, -0.15) is 0 Å². The lowest BCUT2D eigenvalue weighted by molar-refractivity contribution is 0.243. The summed E-state index contributed by atoms with van der Waals surface area (Å²) in [4.78, 5) is 0. The van der Waals surface area contributed by atoms with E-state index in [-0.39, 0.29) is 5.82 Å². The maximum atomic E-state index is 13.9. The molecule has 0 spiro atoms. The molecule has 3 saturated carbocycles. The van der Waals surface area contributed by atoms with Gasteiger partial charge in [0.15, 0.2) is 0 Å². The van der Waals surface area contributed by atoms with Crippen molar-refractivity contribution in [2.45, 2.75) is 38.1 Å². The molecular formula is C16H19BrFN. The lowest BCUT2D eigenvalue weighted by Crippen LogP contribution is -2.34. The van der Waals surface area contributed by atoms with Gasteiger partial charge in [0, 0.05) is 10.5 Å². The molecule has 3 heteroatoms. The molecule has 1 aromatic carbocycles. The fourth-order valence-corrected chi connectivity index (χ4v) is 5.40. The number of hydrogen-bond donors (Lipinski definition) is 1. The average molecular weight is 324 g/mol. The van der Waals surface area contributed by atoms with Crippen LogP contribution in [0.3, 0.4) is 0 Å². The highest BCUT2D eigenvalue weighted by Gasteiger charge is 2.53. The first-order valence-corrected chi connectivity index (χ1v) is 8.23. The van der Waals surface area contributed by atoms with Gasteiger partial charge < -0.3 is 5.32 Å². The van der Waals surface area contributed by atoms with E-state index in [1.54, 1.807) is 6.07 Å². The van der Waals surface area contributed by atoms with E-state index in [2.05, 4.69) is 21.2 Å². The third-order valence-corrected chi connectivity index (χ3v) is 6.19. The van der Waals surface area contributed by atoms with E-state index in [9.17, 15) is 4.39 Å². The highest BCUT2D eigenvalue weighted by molar-refractivity contribution is 9.10. The van der Waals surface area contributed by atoms with Crippen LogP contribution in [0.15, 0.2) is 22.7 Å². The molecule has 1 nitrogen and oxygen atoms in total. The summed E-state index contributed by atoms with van der Waals surface area (Å²) in [6.45, 7) is 0. The van der Waals surface area contributed by atoms with Crippen LogP contribution in [0.1, 0.15) is 32.1 Å². The number of hydrogen-bond acceptors (Lipinski definition) is 1. The first kappa shape index (κ1) is 12.2. The van der Waals surface area contributed by atoms with Gasteiger partial charge in [-0.3, -0.25) is 0 Å². The SMILES string of the molecule is Fc1ccc(Br)cc1NC1CC2CC1C1CCCC21. The number of halogens is 2. The molecule has 1 N–H and O–H groups in total. The summed E-state index contributed by atoms with van der Waals surface area (Å²) in [5.74, 6) is 3.48. The van der Waals surface area contributed by atoms with E-state index in [0.29, 0.717) is 11.7 Å². The lowest BCUT2D eigenvalue weighted by Gasteiger charge is -2.32. The van der Waals surface area contributed by atoms with Gasteiger partial charge in [-0.05, 0) is 67.6 Å². The predicted octanol–water partition coefficient (Wildman–Crippen LogP) is 4.82. The molecule has 5 unspecified atom stereocenters. The standard InChI is InChI=1S/C16H19BrFN/c17-10-4-5-14(18)16(8-10)19-15-7-9-6-13(15)12-3-1-2-11(9)12/h4-5,8-9,11-13,15,19H,1-3,6-7H2. The molecule has 0 radical (unpaired) electrons. The molecule has 3 aliphatic rings. The Hall–Kier alpha value is -0.570. The van der Waals surface area contributed by atoms with Gasteiger partial charge in [-0.15, -0.1) is 0 Å². The highest BCUT2D eigenvalue weighted by Crippen LogP contribution is 2.59. The van der Waals surface area contributed by atoms with Crippen LogP contribution in [0.5, 0.6) is 0 Å². The highest BCUT2D eigenvalue weighted by atomic mass is 79.9. The van der Waals surface area contributed by atoms with Crippen molar-refractivity contribution in [2.75, 3.05) is 5.32 Å². The Balaban J connectivity index is 1.54. The molecule has 3 aliphatic carbocycles. The Kier molecular flexibility index (Phi) is 2.87. The largest absolute Gasteiger partial charge is 0.380 e. The second-order valence-electron chi connectivity index (χ2n) is 6.53. The second-order valence-corrected chi connectivity index (χ2v) is 7.44. The zero-order valence-electron chi connectivity index (χ0n) is 10.9. The molecule has 0 heterocycles. The molecular weight excluding hydrogens is 305 g/mol. The summed E-state index contributed by atoms with van der Waals surface area (Å²) in [5.41, 5.74) is 0.668. The summed E-state index contributed by atoms with van der Waals surface area (Å²) in [7, 11) is 0. The summed E-state index contributed by atoms with van der Waals surface area (Å²) < 4.78 is 14.8. The van der Waals surface area contributed by atoms with Crippen molar-refractivity contribution in [3.05, 3.63) is 28.5 Å². The maximum Gasteiger partial charge on any atom is 0.146 e. The normalized spacial score (nSPS) is 39.6. The number of benzene rings is 1. The zero-order valence-corrected chi connectivity index (χ0v) is 12.5. The summed E-state index contributed by atoms with van der Waals surface area (Å²) in [6.07, 6.45) is 6.90. The van der Waals surface area contributed by atoms with Crippen molar-refractivity contribution in [2.24, 2.45) is 23.7 Å². The fourth-order valence-electron chi connectivity index (χ4n) is 5.04. The van der Waals surface area contributed by atoms with Crippen molar-refractivity contribution < 1.29 is 4.39 Å². The monoisotopic (exact) mass is 323 g/mol. The van der Waals surface area contributed by atoms with Crippen LogP contribution in [0.25, 0.3) is 0 Å².